The second-order valence-electron chi connectivity index (χ2n) is 7.97. The summed E-state index contributed by atoms with van der Waals surface area (Å²) in [5.41, 5.74) is -0.221. The van der Waals surface area contributed by atoms with Gasteiger partial charge in [0.05, 0.1) is 22.8 Å². The number of rotatable bonds is 3. The summed E-state index contributed by atoms with van der Waals surface area (Å²) in [6.07, 6.45) is -2.93. The lowest BCUT2D eigenvalue weighted by atomic mass is 10.1. The Morgan fingerprint density at radius 2 is 1.88 bits per heavy atom. The molecule has 0 unspecified atom stereocenters. The van der Waals surface area contributed by atoms with Crippen LogP contribution in [0.1, 0.15) is 5.56 Å². The topological polar surface area (TPSA) is 91.0 Å². The van der Waals surface area contributed by atoms with Crippen molar-refractivity contribution in [3.05, 3.63) is 41.3 Å². The van der Waals surface area contributed by atoms with Crippen LogP contribution in [-0.4, -0.2) is 72.6 Å². The second-order valence-corrected chi connectivity index (χ2v) is 10.8. The fourth-order valence-electron chi connectivity index (χ4n) is 4.08. The van der Waals surface area contributed by atoms with Gasteiger partial charge >= 0.3 is 6.18 Å². The van der Waals surface area contributed by atoms with Crippen LogP contribution >= 0.6 is 11.6 Å². The molecule has 170 valence electrons. The van der Waals surface area contributed by atoms with E-state index in [1.807, 2.05) is 4.90 Å². The predicted octanol–water partition coefficient (Wildman–Crippen LogP) is 3.04. The van der Waals surface area contributed by atoms with Crippen molar-refractivity contribution >= 4 is 38.2 Å². The molecule has 0 atom stereocenters. The summed E-state index contributed by atoms with van der Waals surface area (Å²) < 4.78 is 60.3. The van der Waals surface area contributed by atoms with Crippen molar-refractivity contribution in [1.82, 2.24) is 24.6 Å². The van der Waals surface area contributed by atoms with Crippen molar-refractivity contribution in [3.8, 4) is 5.69 Å². The first-order chi connectivity index (χ1) is 15.1. The molecule has 2 saturated heterocycles. The average Bonchev–Trinajstić information content (AvgIpc) is 3.11. The number of benzene rings is 1. The molecule has 0 spiro atoms. The zero-order valence-corrected chi connectivity index (χ0v) is 18.3. The molecule has 13 heteroatoms. The zero-order valence-electron chi connectivity index (χ0n) is 16.7. The van der Waals surface area contributed by atoms with E-state index in [9.17, 15) is 17.4 Å². The third kappa shape index (κ3) is 3.90. The fourth-order valence-corrected chi connectivity index (χ4v) is 5.50. The molecule has 1 N–H and O–H groups in total. The molecule has 0 aliphatic carbocycles. The summed E-state index contributed by atoms with van der Waals surface area (Å²) in [6, 6.07) is 5.12. The van der Waals surface area contributed by atoms with Crippen LogP contribution in [0.15, 0.2) is 30.5 Å². The first kappa shape index (κ1) is 21.4. The first-order valence-corrected chi connectivity index (χ1v) is 12.2. The maximum absolute atomic E-state index is 13.1. The van der Waals surface area contributed by atoms with E-state index in [1.54, 1.807) is 0 Å². The number of nitrogens with one attached hydrogen (secondary N) is 1. The number of halogens is 4. The lowest BCUT2D eigenvalue weighted by Crippen LogP contribution is -2.62. The van der Waals surface area contributed by atoms with Crippen LogP contribution in [0.2, 0.25) is 5.28 Å². The van der Waals surface area contributed by atoms with Crippen LogP contribution in [0.3, 0.4) is 0 Å². The molecule has 0 saturated carbocycles. The number of hydrogen-bond donors (Lipinski definition) is 1. The van der Waals surface area contributed by atoms with Crippen molar-refractivity contribution in [3.63, 3.8) is 0 Å². The number of hydrogen-bond acceptors (Lipinski definition) is 7. The number of aromatic nitrogens is 4. The van der Waals surface area contributed by atoms with Gasteiger partial charge < -0.3 is 4.90 Å². The molecule has 3 aromatic rings. The Hall–Kier alpha value is -2.44. The molecule has 2 aliphatic heterocycles. The van der Waals surface area contributed by atoms with Gasteiger partial charge in [-0.15, -0.1) is 0 Å². The molecule has 2 aromatic heterocycles. The minimum Gasteiger partial charge on any atom is -0.353 e. The van der Waals surface area contributed by atoms with Crippen LogP contribution in [-0.2, 0) is 15.9 Å². The summed E-state index contributed by atoms with van der Waals surface area (Å²) in [5, 5.41) is 4.83. The van der Waals surface area contributed by atoms with E-state index in [0.29, 0.717) is 54.5 Å². The van der Waals surface area contributed by atoms with Gasteiger partial charge in [0.25, 0.3) is 0 Å². The number of anilines is 1. The van der Waals surface area contributed by atoms with E-state index in [1.165, 1.54) is 23.0 Å². The summed E-state index contributed by atoms with van der Waals surface area (Å²) in [6.45, 7) is 2.62. The van der Waals surface area contributed by atoms with E-state index in [4.69, 9.17) is 16.4 Å². The van der Waals surface area contributed by atoms with Gasteiger partial charge in [0.2, 0.25) is 5.28 Å². The Bertz CT molecular complexity index is 1270. The Morgan fingerprint density at radius 1 is 1.16 bits per heavy atom. The van der Waals surface area contributed by atoms with E-state index < -0.39 is 21.5 Å². The molecule has 2 fully saturated rings. The number of alkyl halides is 3. The van der Waals surface area contributed by atoms with Gasteiger partial charge in [-0.25, -0.2) is 8.89 Å². The minimum atomic E-state index is -4.47. The third-order valence-electron chi connectivity index (χ3n) is 5.89. The van der Waals surface area contributed by atoms with Crippen LogP contribution < -0.4 is 4.90 Å². The Balaban J connectivity index is 1.42. The highest BCUT2D eigenvalue weighted by molar-refractivity contribution is 7.92. The molecule has 8 nitrogen and oxygen atoms in total. The number of fused-ring (bicyclic) bond motifs is 1. The Morgan fingerprint density at radius 3 is 2.56 bits per heavy atom. The van der Waals surface area contributed by atoms with E-state index >= 15 is 0 Å². The first-order valence-electron chi connectivity index (χ1n) is 9.93. The minimum absolute atomic E-state index is 0.0170. The van der Waals surface area contributed by atoms with Crippen LogP contribution in [0.4, 0.5) is 19.0 Å². The molecule has 5 rings (SSSR count). The normalized spacial score (nSPS) is 19.9. The largest absolute Gasteiger partial charge is 0.416 e. The van der Waals surface area contributed by atoms with Gasteiger partial charge in [0.15, 0.2) is 5.65 Å². The molecule has 0 bridgehead atoms. The predicted molar refractivity (Wildman–Crippen MR) is 115 cm³/mol. The van der Waals surface area contributed by atoms with Crippen molar-refractivity contribution < 1.29 is 17.4 Å². The summed E-state index contributed by atoms with van der Waals surface area (Å²) in [4.78, 5) is 12.8. The molecular formula is C19H19ClF3N7OS. The van der Waals surface area contributed by atoms with E-state index in [0.717, 1.165) is 12.1 Å². The Labute approximate surface area is 187 Å². The maximum atomic E-state index is 13.1. The lowest BCUT2D eigenvalue weighted by molar-refractivity contribution is -0.137. The van der Waals surface area contributed by atoms with Crippen molar-refractivity contribution in [1.29, 1.82) is 4.78 Å². The molecule has 32 heavy (non-hydrogen) atoms. The number of nitrogens with zero attached hydrogens (tertiary/aromatic N) is 6. The quantitative estimate of drug-likeness (QED) is 0.573. The van der Waals surface area contributed by atoms with Crippen LogP contribution in [0.25, 0.3) is 16.7 Å². The monoisotopic (exact) mass is 485 g/mol. The van der Waals surface area contributed by atoms with E-state index in [-0.39, 0.29) is 17.0 Å². The molecule has 4 heterocycles. The van der Waals surface area contributed by atoms with Gasteiger partial charge in [0, 0.05) is 53.5 Å². The van der Waals surface area contributed by atoms with Crippen LogP contribution in [0, 0.1) is 4.78 Å². The highest BCUT2D eigenvalue weighted by Crippen LogP contribution is 2.33. The average molecular weight is 486 g/mol. The zero-order chi connectivity index (χ0) is 22.7. The third-order valence-corrected chi connectivity index (χ3v) is 7.75. The van der Waals surface area contributed by atoms with Crippen molar-refractivity contribution in [2.45, 2.75) is 12.2 Å². The van der Waals surface area contributed by atoms with Gasteiger partial charge in [-0.1, -0.05) is 6.07 Å². The molecule has 0 amide bonds. The van der Waals surface area contributed by atoms with Gasteiger partial charge in [-0.2, -0.15) is 28.2 Å². The highest BCUT2D eigenvalue weighted by atomic mass is 35.5. The van der Waals surface area contributed by atoms with E-state index in [2.05, 4.69) is 20.0 Å². The van der Waals surface area contributed by atoms with Crippen molar-refractivity contribution in [2.24, 2.45) is 0 Å². The SMILES string of the molecule is N=S1(=O)CCN(C2CN(c3nc(Cl)nc4c3cnn4-c3cccc(C(F)(F)F)c3)C2)CC1. The second kappa shape index (κ2) is 7.56. The van der Waals surface area contributed by atoms with Gasteiger partial charge in [0.1, 0.15) is 5.82 Å². The highest BCUT2D eigenvalue weighted by Gasteiger charge is 2.36. The standard InChI is InChI=1S/C19H19ClF3N7OS/c20-18-26-16(29-10-14(11-29)28-4-6-32(24,31)7-5-28)15-9-25-30(17(15)27-18)13-3-1-2-12(8-13)19(21,22)23/h1-3,8-9,14,24H,4-7,10-11H2. The van der Waals surface area contributed by atoms with Crippen molar-refractivity contribution in [2.75, 3.05) is 42.6 Å². The fraction of sp³-hybridized carbons (Fsp3) is 0.421. The molecular weight excluding hydrogens is 467 g/mol. The Kier molecular flexibility index (Phi) is 5.06. The summed E-state index contributed by atoms with van der Waals surface area (Å²) in [5.74, 6) is 1.35. The summed E-state index contributed by atoms with van der Waals surface area (Å²) >= 11 is 6.15. The van der Waals surface area contributed by atoms with Gasteiger partial charge in [-0.05, 0) is 29.8 Å². The summed E-state index contributed by atoms with van der Waals surface area (Å²) in [7, 11) is -2.44. The lowest BCUT2D eigenvalue weighted by Gasteiger charge is -2.47. The van der Waals surface area contributed by atoms with Crippen LogP contribution in [0.5, 0.6) is 0 Å². The maximum Gasteiger partial charge on any atom is 0.416 e. The smallest absolute Gasteiger partial charge is 0.353 e. The molecule has 0 radical (unpaired) electrons. The molecule has 2 aliphatic rings. The van der Waals surface area contributed by atoms with Gasteiger partial charge in [-0.3, -0.25) is 9.68 Å². The molecule has 1 aromatic carbocycles.